The van der Waals surface area contributed by atoms with Crippen LogP contribution in [0.25, 0.3) is 10.9 Å². The Morgan fingerprint density at radius 3 is 2.57 bits per heavy atom. The van der Waals surface area contributed by atoms with Crippen LogP contribution in [0, 0.1) is 0 Å². The van der Waals surface area contributed by atoms with E-state index < -0.39 is 0 Å². The number of aromatic nitrogens is 2. The van der Waals surface area contributed by atoms with Gasteiger partial charge in [-0.15, -0.1) is 0 Å². The van der Waals surface area contributed by atoms with Crippen LogP contribution in [0.3, 0.4) is 0 Å². The van der Waals surface area contributed by atoms with Gasteiger partial charge in [0.15, 0.2) is 5.16 Å². The molecule has 0 saturated carbocycles. The van der Waals surface area contributed by atoms with Gasteiger partial charge >= 0.3 is 0 Å². The third-order valence-electron chi connectivity index (χ3n) is 3.93. The topological polar surface area (TPSA) is 34.9 Å². The van der Waals surface area contributed by atoms with E-state index in [-0.39, 0.29) is 5.56 Å². The van der Waals surface area contributed by atoms with Gasteiger partial charge in [0.2, 0.25) is 0 Å². The number of fused-ring (bicyclic) bond motifs is 1. The lowest BCUT2D eigenvalue weighted by atomic mass is 10.1. The maximum atomic E-state index is 12.4. The lowest BCUT2D eigenvalue weighted by Gasteiger charge is -2.13. The van der Waals surface area contributed by atoms with Crippen molar-refractivity contribution in [3.8, 4) is 0 Å². The average molecular weight is 324 g/mol. The van der Waals surface area contributed by atoms with Crippen LogP contribution in [0.1, 0.15) is 18.9 Å². The number of para-hydroxylation sites is 1. The molecule has 0 aliphatic heterocycles. The van der Waals surface area contributed by atoms with Crippen LogP contribution >= 0.6 is 11.8 Å². The second-order valence-corrected chi connectivity index (χ2v) is 7.13. The molecule has 4 heteroatoms. The highest BCUT2D eigenvalue weighted by Gasteiger charge is 2.12. The van der Waals surface area contributed by atoms with Gasteiger partial charge in [0.05, 0.1) is 10.9 Å². The third kappa shape index (κ3) is 3.64. The van der Waals surface area contributed by atoms with Crippen molar-refractivity contribution >= 4 is 22.7 Å². The molecule has 3 nitrogen and oxygen atoms in total. The average Bonchev–Trinajstić information content (AvgIpc) is 2.58. The van der Waals surface area contributed by atoms with Crippen LogP contribution < -0.4 is 5.56 Å². The minimum absolute atomic E-state index is 0.0216. The number of hydrogen-bond acceptors (Lipinski definition) is 3. The van der Waals surface area contributed by atoms with E-state index in [1.807, 2.05) is 30.3 Å². The molecule has 3 aromatic rings. The van der Waals surface area contributed by atoms with E-state index in [1.165, 1.54) is 5.56 Å². The zero-order valence-corrected chi connectivity index (χ0v) is 14.2. The van der Waals surface area contributed by atoms with Gasteiger partial charge in [0.25, 0.3) is 5.56 Å². The van der Waals surface area contributed by atoms with Crippen molar-refractivity contribution in [1.82, 2.24) is 9.55 Å². The first-order chi connectivity index (χ1) is 11.1. The van der Waals surface area contributed by atoms with Gasteiger partial charge in [-0.05, 0) is 30.5 Å². The van der Waals surface area contributed by atoms with Crippen LogP contribution in [0.15, 0.2) is 64.5 Å². The Balaban J connectivity index is 1.76. The Kier molecular flexibility index (Phi) is 4.82. The number of benzene rings is 2. The quantitative estimate of drug-likeness (QED) is 0.525. The van der Waals surface area contributed by atoms with E-state index in [2.05, 4.69) is 36.2 Å². The van der Waals surface area contributed by atoms with E-state index >= 15 is 0 Å². The molecule has 0 bridgehead atoms. The first-order valence-electron chi connectivity index (χ1n) is 7.81. The molecule has 0 amide bonds. The highest BCUT2D eigenvalue weighted by atomic mass is 32.2. The van der Waals surface area contributed by atoms with Crippen molar-refractivity contribution in [3.63, 3.8) is 0 Å². The molecule has 0 radical (unpaired) electrons. The predicted octanol–water partition coefficient (Wildman–Crippen LogP) is 4.05. The smallest absolute Gasteiger partial charge is 0.261 e. The maximum absolute atomic E-state index is 12.4. The van der Waals surface area contributed by atoms with Gasteiger partial charge in [-0.1, -0.05) is 61.2 Å². The minimum atomic E-state index is 0.0216. The number of hydrogen-bond donors (Lipinski definition) is 0. The van der Waals surface area contributed by atoms with Gasteiger partial charge in [-0.3, -0.25) is 9.36 Å². The summed E-state index contributed by atoms with van der Waals surface area (Å²) in [4.78, 5) is 17.1. The van der Waals surface area contributed by atoms with Crippen LogP contribution in [0.2, 0.25) is 0 Å². The molecule has 1 heterocycles. The van der Waals surface area contributed by atoms with Crippen LogP contribution in [-0.4, -0.2) is 14.8 Å². The number of rotatable bonds is 5. The third-order valence-corrected chi connectivity index (χ3v) is 5.15. The van der Waals surface area contributed by atoms with Crippen molar-refractivity contribution < 1.29 is 0 Å². The molecule has 1 unspecified atom stereocenters. The number of thioether (sulfide) groups is 1. The molecular weight excluding hydrogens is 304 g/mol. The van der Waals surface area contributed by atoms with Crippen LogP contribution in [0.4, 0.5) is 0 Å². The standard InChI is InChI=1S/C19H20N2OS/c1-14(12-13-15-8-4-3-5-9-15)23-19-20-17-11-7-6-10-16(17)18(22)21(19)2/h3-11,14H,12-13H2,1-2H3. The summed E-state index contributed by atoms with van der Waals surface area (Å²) in [6, 6.07) is 18.0. The van der Waals surface area contributed by atoms with Gasteiger partial charge in [-0.2, -0.15) is 0 Å². The molecular formula is C19H20N2OS. The molecule has 3 rings (SSSR count). The Morgan fingerprint density at radius 1 is 1.09 bits per heavy atom. The summed E-state index contributed by atoms with van der Waals surface area (Å²) < 4.78 is 1.66. The fourth-order valence-corrected chi connectivity index (χ4v) is 3.54. The maximum Gasteiger partial charge on any atom is 0.261 e. The Morgan fingerprint density at radius 2 is 1.78 bits per heavy atom. The van der Waals surface area contributed by atoms with Crippen molar-refractivity contribution in [1.29, 1.82) is 0 Å². The Labute approximate surface area is 140 Å². The Bertz CT molecular complexity index is 858. The lowest BCUT2D eigenvalue weighted by molar-refractivity contribution is 0.717. The van der Waals surface area contributed by atoms with Crippen molar-refractivity contribution in [2.45, 2.75) is 30.2 Å². The van der Waals surface area contributed by atoms with E-state index in [4.69, 9.17) is 0 Å². The monoisotopic (exact) mass is 324 g/mol. The molecule has 0 fully saturated rings. The van der Waals surface area contributed by atoms with Crippen molar-refractivity contribution in [3.05, 3.63) is 70.5 Å². The van der Waals surface area contributed by atoms with Crippen molar-refractivity contribution in [2.75, 3.05) is 0 Å². The molecule has 0 saturated heterocycles. The van der Waals surface area contributed by atoms with Gasteiger partial charge < -0.3 is 0 Å². The summed E-state index contributed by atoms with van der Waals surface area (Å²) in [5.41, 5.74) is 2.14. The molecule has 23 heavy (non-hydrogen) atoms. The summed E-state index contributed by atoms with van der Waals surface area (Å²) in [5, 5.41) is 1.86. The zero-order chi connectivity index (χ0) is 16.2. The summed E-state index contributed by atoms with van der Waals surface area (Å²) >= 11 is 1.67. The first-order valence-corrected chi connectivity index (χ1v) is 8.69. The van der Waals surface area contributed by atoms with Gasteiger partial charge in [-0.25, -0.2) is 4.98 Å². The van der Waals surface area contributed by atoms with Crippen molar-refractivity contribution in [2.24, 2.45) is 7.05 Å². The second-order valence-electron chi connectivity index (χ2n) is 5.73. The van der Waals surface area contributed by atoms with Crippen LogP contribution in [0.5, 0.6) is 0 Å². The van der Waals surface area contributed by atoms with Gasteiger partial charge in [0.1, 0.15) is 0 Å². The van der Waals surface area contributed by atoms with E-state index in [0.717, 1.165) is 23.5 Å². The second kappa shape index (κ2) is 7.01. The molecule has 0 spiro atoms. The lowest BCUT2D eigenvalue weighted by Crippen LogP contribution is -2.20. The molecule has 0 aliphatic carbocycles. The molecule has 0 N–H and O–H groups in total. The fraction of sp³-hybridized carbons (Fsp3) is 0.263. The fourth-order valence-electron chi connectivity index (χ4n) is 2.56. The van der Waals surface area contributed by atoms with Crippen LogP contribution in [-0.2, 0) is 13.5 Å². The summed E-state index contributed by atoms with van der Waals surface area (Å²) in [6.07, 6.45) is 2.09. The largest absolute Gasteiger partial charge is 0.290 e. The highest BCUT2D eigenvalue weighted by molar-refractivity contribution is 7.99. The zero-order valence-electron chi connectivity index (χ0n) is 13.4. The van der Waals surface area contributed by atoms with E-state index in [0.29, 0.717) is 10.6 Å². The minimum Gasteiger partial charge on any atom is -0.290 e. The molecule has 1 aromatic heterocycles. The molecule has 2 aromatic carbocycles. The van der Waals surface area contributed by atoms with E-state index in [9.17, 15) is 4.79 Å². The molecule has 0 aliphatic rings. The predicted molar refractivity (Wildman–Crippen MR) is 97.1 cm³/mol. The SMILES string of the molecule is CC(CCc1ccccc1)Sc1nc2ccccc2c(=O)n1C. The number of nitrogens with zero attached hydrogens (tertiary/aromatic N) is 2. The molecule has 118 valence electrons. The highest BCUT2D eigenvalue weighted by Crippen LogP contribution is 2.24. The normalized spacial score (nSPS) is 12.4. The van der Waals surface area contributed by atoms with Gasteiger partial charge in [0, 0.05) is 12.3 Å². The Hall–Kier alpha value is -2.07. The first kappa shape index (κ1) is 15.8. The molecule has 1 atom stereocenters. The summed E-state index contributed by atoms with van der Waals surface area (Å²) in [6.45, 7) is 2.19. The summed E-state index contributed by atoms with van der Waals surface area (Å²) in [7, 11) is 1.80. The number of aryl methyl sites for hydroxylation is 1. The summed E-state index contributed by atoms with van der Waals surface area (Å²) in [5.74, 6) is 0. The van der Waals surface area contributed by atoms with E-state index in [1.54, 1.807) is 23.4 Å².